The Morgan fingerprint density at radius 1 is 0.294 bits per heavy atom. The Balaban J connectivity index is 0.875. The Bertz CT molecular complexity index is 6930. The molecule has 16 aromatic carbocycles. The highest BCUT2D eigenvalue weighted by molar-refractivity contribution is 7.06. The third-order valence-corrected chi connectivity index (χ3v) is 22.9. The maximum atomic E-state index is 15.5. The van der Waals surface area contributed by atoms with Crippen LogP contribution in [0.5, 0.6) is 11.5 Å². The van der Waals surface area contributed by atoms with Crippen LogP contribution in [0.15, 0.2) is 364 Å². The highest BCUT2D eigenvalue weighted by Crippen LogP contribution is 2.60. The molecule has 109 heavy (non-hydrogen) atoms. The van der Waals surface area contributed by atoms with Crippen LogP contribution in [0.3, 0.4) is 0 Å². The number of ether oxygens (including phenoxy) is 2. The second-order valence-electron chi connectivity index (χ2n) is 28.7. The molecule has 0 radical (unpaired) electrons. The molecule has 23 rings (SSSR count). The van der Waals surface area contributed by atoms with E-state index in [1.165, 1.54) is 12.1 Å². The second-order valence-corrected chi connectivity index (χ2v) is 28.7. The molecule has 0 amide bonds. The van der Waals surface area contributed by atoms with Crippen molar-refractivity contribution in [2.75, 3.05) is 24.5 Å². The summed E-state index contributed by atoms with van der Waals surface area (Å²) in [6, 6.07) is 105. The zero-order valence-corrected chi connectivity index (χ0v) is 58.4. The van der Waals surface area contributed by atoms with E-state index in [0.29, 0.717) is 57.0 Å². The Labute approximate surface area is 644 Å². The van der Waals surface area contributed by atoms with Crippen LogP contribution in [0.1, 0.15) is 26.9 Å². The van der Waals surface area contributed by atoms with E-state index in [0.717, 1.165) is 139 Å². The van der Waals surface area contributed by atoms with Crippen LogP contribution >= 0.6 is 0 Å². The first-order valence-corrected chi connectivity index (χ1v) is 36.8. The van der Waals surface area contributed by atoms with Crippen molar-refractivity contribution in [3.05, 3.63) is 375 Å². The monoisotopic (exact) mass is 1400 g/mol. The van der Waals surface area contributed by atoms with E-state index in [4.69, 9.17) is 9.47 Å². The normalized spacial score (nSPS) is 14.5. The Kier molecular flexibility index (Phi) is 11.8. The summed E-state index contributed by atoms with van der Waals surface area (Å²) in [7, 11) is 0. The predicted octanol–water partition coefficient (Wildman–Crippen LogP) is 18.6. The molecule has 7 aliphatic heterocycles. The molecule has 0 unspecified atom stereocenters. The molecule has 8 nitrogen and oxygen atoms in total. The van der Waals surface area contributed by atoms with Gasteiger partial charge < -0.3 is 34.0 Å². The van der Waals surface area contributed by atoms with Crippen LogP contribution in [0.4, 0.5) is 85.3 Å². The van der Waals surface area contributed by atoms with Crippen LogP contribution in [-0.2, 0) is 11.3 Å². The van der Waals surface area contributed by atoms with E-state index in [9.17, 15) is 11.0 Å². The molecule has 0 saturated heterocycles. The summed E-state index contributed by atoms with van der Waals surface area (Å²) >= 11 is 0. The molecule has 0 spiro atoms. The number of rotatable bonds is 11. The minimum Gasteiger partial charge on any atom is -0.457 e. The van der Waals surface area contributed by atoms with Crippen molar-refractivity contribution >= 4 is 161 Å². The third-order valence-electron chi connectivity index (χ3n) is 22.9. The summed E-state index contributed by atoms with van der Waals surface area (Å²) < 4.78 is 90.4. The Hall–Kier alpha value is -14.0. The number of nitrogens with zero attached hydrogens (tertiary/aromatic N) is 5. The summed E-state index contributed by atoms with van der Waals surface area (Å²) in [5.41, 5.74) is 27.3. The molecule has 11 heteroatoms. The van der Waals surface area contributed by atoms with Crippen LogP contribution in [-0.4, -0.2) is 26.1 Å². The van der Waals surface area contributed by atoms with Gasteiger partial charge in [0.1, 0.15) is 6.61 Å². The van der Waals surface area contributed by atoms with Crippen molar-refractivity contribution in [3.63, 3.8) is 0 Å². The number of benzene rings is 16. The lowest BCUT2D eigenvalue weighted by Crippen LogP contribution is -2.69. The predicted molar refractivity (Wildman–Crippen MR) is 451 cm³/mol. The van der Waals surface area contributed by atoms with Crippen molar-refractivity contribution in [2.45, 2.75) is 6.61 Å². The lowest BCUT2D eigenvalue weighted by atomic mass is 9.27. The van der Waals surface area contributed by atoms with E-state index in [1.54, 1.807) is 36.4 Å². The van der Waals surface area contributed by atoms with Gasteiger partial charge in [-0.05, 0) is 173 Å². The van der Waals surface area contributed by atoms with E-state index in [1.807, 2.05) is 115 Å². The molecule has 7 aliphatic rings. The van der Waals surface area contributed by atoms with E-state index < -0.39 is 26.1 Å². The van der Waals surface area contributed by atoms with Gasteiger partial charge >= 0.3 is 5.97 Å². The van der Waals surface area contributed by atoms with Gasteiger partial charge in [0.15, 0.2) is 11.5 Å². The van der Waals surface area contributed by atoms with Crippen LogP contribution in [0.2, 0.25) is 0 Å². The Morgan fingerprint density at radius 3 is 1.06 bits per heavy atom. The van der Waals surface area contributed by atoms with Gasteiger partial charge in [-0.3, -0.25) is 0 Å². The first-order valence-electron chi connectivity index (χ1n) is 40.8. The number of fused-ring (bicyclic) bond motifs is 10. The van der Waals surface area contributed by atoms with Crippen LogP contribution < -0.4 is 78.4 Å². The van der Waals surface area contributed by atoms with Gasteiger partial charge in [-0.1, -0.05) is 279 Å². The zero-order chi connectivity index (χ0) is 78.5. The van der Waals surface area contributed by atoms with Gasteiger partial charge in [0.2, 0.25) is 0 Å². The first-order chi connectivity index (χ1) is 57.2. The number of hydrogen-bond acceptors (Lipinski definition) is 8. The van der Waals surface area contributed by atoms with Gasteiger partial charge in [0.05, 0.1) is 27.9 Å². The summed E-state index contributed by atoms with van der Waals surface area (Å²) in [6.07, 6.45) is 0. The van der Waals surface area contributed by atoms with Crippen molar-refractivity contribution < 1.29 is 25.2 Å². The lowest BCUT2D eigenvalue weighted by Gasteiger charge is -2.53. The van der Waals surface area contributed by atoms with Gasteiger partial charge in [0.25, 0.3) is 20.1 Å². The molecule has 0 fully saturated rings. The summed E-state index contributed by atoms with van der Waals surface area (Å²) in [6.45, 7) is -1.76. The van der Waals surface area contributed by atoms with Crippen LogP contribution in [0.25, 0.3) is 44.5 Å². The molecule has 7 heterocycles. The topological polar surface area (TPSA) is 51.7 Å². The van der Waals surface area contributed by atoms with E-state index in [-0.39, 0.29) is 60.5 Å². The molecule has 0 atom stereocenters. The van der Waals surface area contributed by atoms with Crippen molar-refractivity contribution in [2.24, 2.45) is 0 Å². The van der Waals surface area contributed by atoms with Gasteiger partial charge in [-0.15, -0.1) is 0 Å². The quantitative estimate of drug-likeness (QED) is 0.0938. The minimum atomic E-state index is -0.650. The number of anilines is 15. The van der Waals surface area contributed by atoms with Gasteiger partial charge in [0, 0.05) is 85.1 Å². The summed E-state index contributed by atoms with van der Waals surface area (Å²) in [5.74, 6) is 0.754. The highest BCUT2D eigenvalue weighted by Gasteiger charge is 2.56. The van der Waals surface area contributed by atoms with Crippen molar-refractivity contribution in [1.29, 1.82) is 0 Å². The number of hydrogen-bond donors (Lipinski definition) is 0. The third kappa shape index (κ3) is 9.14. The first kappa shape index (κ1) is 53.7. The largest absolute Gasteiger partial charge is 0.457 e. The average molecular weight is 1400 g/mol. The lowest BCUT2D eigenvalue weighted by molar-refractivity contribution is 0.0472. The molecule has 0 aliphatic carbocycles. The number of esters is 1. The molecule has 506 valence electrons. The maximum absolute atomic E-state index is 15.5. The molecule has 0 N–H and O–H groups in total. The van der Waals surface area contributed by atoms with E-state index >= 15 is 4.79 Å². The van der Waals surface area contributed by atoms with Crippen molar-refractivity contribution in [3.8, 4) is 56.0 Å². The van der Waals surface area contributed by atoms with E-state index in [2.05, 4.69) is 176 Å². The molecular formula is C98H62B3N5O3. The highest BCUT2D eigenvalue weighted by atomic mass is 16.5. The molecule has 0 saturated carbocycles. The smallest absolute Gasteiger partial charge is 0.338 e. The molecular weight excluding hydrogens is 1330 g/mol. The fraction of sp³-hybridized carbons (Fsp3) is 0.0102. The zero-order valence-electron chi connectivity index (χ0n) is 66.4. The van der Waals surface area contributed by atoms with Crippen molar-refractivity contribution in [1.82, 2.24) is 0 Å². The fourth-order valence-electron chi connectivity index (χ4n) is 18.5. The number of carbonyl (C=O) groups excluding carboxylic acids is 1. The second kappa shape index (κ2) is 24.0. The minimum absolute atomic E-state index is 0.0263. The summed E-state index contributed by atoms with van der Waals surface area (Å²) in [5, 5.41) is 0. The Morgan fingerprint density at radius 2 is 0.642 bits per heavy atom. The van der Waals surface area contributed by atoms with Gasteiger partial charge in [-0.25, -0.2) is 4.79 Å². The standard InChI is InChI=1S/C98H62B3N5O3/c107-98(108-61-62-28-10-1-11-29-62)69-56-86-90-87(57-69)104(72-42-24-8-25-43-72)84-59-85-81(58-80(84)100(90)77-51-47-68(64-32-14-3-15-33-64)55-83(77)102(86)70-38-20-6-21-39-70)101-79-53-49-75(66-36-18-5-19-37-66)97-94(79)106-93-78(52-48-74(96(93)109-97)65-34-16-4-17-35-65)99-76-50-46-67(63-30-12-2-13-31-63)54-82(76)103(71-40-22-7-23-41-71)88-60-89(92(101)95(106)91(88)99)105(85)73-44-26-9-27-45-73/h1-60H,61H2/i20D,21D,22D,23D,24D,25D,26D,27D. The molecule has 16 aromatic rings. The average Bonchev–Trinajstić information content (AvgIpc) is 0.654. The molecule has 0 aromatic heterocycles. The summed E-state index contributed by atoms with van der Waals surface area (Å²) in [4.78, 5) is 26.7. The number of para-hydroxylation sites is 4. The SMILES string of the molecule is [2H]c1cc([2H])cc(N2c3cc(-c4ccccc4)ccc3B3c4cc5c(cc4N(c4cc([2H])cc([2H])c4)c4cc(C(=O)OCc6ccccc6)cc2c43)N(c2cc([2H])cc([2H])c2)c2cc3c4c6c2B5c2ccc(-c5ccccc5)c5c2N6c2c(ccc(-c6ccccc6)c2O5)B4c2ccc(-c4ccccc4)cc2N3c2cc([2H])cc([2H])c2)c1. The fourth-order valence-corrected chi connectivity index (χ4v) is 18.5. The molecule has 0 bridgehead atoms. The van der Waals surface area contributed by atoms with Gasteiger partial charge in [-0.2, -0.15) is 0 Å². The number of carbonyl (C=O) groups is 1. The van der Waals surface area contributed by atoms with Crippen LogP contribution in [0, 0.1) is 0 Å². The maximum Gasteiger partial charge on any atom is 0.338 e.